The zero-order valence-electron chi connectivity index (χ0n) is 11.7. The molecule has 4 nitrogen and oxygen atoms in total. The number of carbonyl (C=O) groups excluding carboxylic acids is 1. The standard InChI is InChI=1S/C15H18BrNO3/c1-9(2)14(15(19)20)17-13(18)7-6-11-5-4-10(3)8-12(11)16/h4-9,14H,1-3H3,(H,17,18)(H,19,20)/b7-6+/t14-/m0/s1. The molecule has 0 saturated heterocycles. The largest absolute Gasteiger partial charge is 0.480 e. The fourth-order valence-corrected chi connectivity index (χ4v) is 2.27. The molecule has 0 bridgehead atoms. The third-order valence-electron chi connectivity index (χ3n) is 2.80. The van der Waals surface area contributed by atoms with E-state index >= 15 is 0 Å². The molecule has 1 aromatic rings. The van der Waals surface area contributed by atoms with Gasteiger partial charge >= 0.3 is 5.97 Å². The highest BCUT2D eigenvalue weighted by atomic mass is 79.9. The summed E-state index contributed by atoms with van der Waals surface area (Å²) in [6.45, 7) is 5.48. The number of carboxylic acid groups (broad SMARTS) is 1. The summed E-state index contributed by atoms with van der Waals surface area (Å²) >= 11 is 3.42. The fraction of sp³-hybridized carbons (Fsp3) is 0.333. The van der Waals surface area contributed by atoms with Crippen LogP contribution in [-0.2, 0) is 9.59 Å². The number of aryl methyl sites for hydroxylation is 1. The molecule has 0 radical (unpaired) electrons. The molecule has 2 N–H and O–H groups in total. The summed E-state index contributed by atoms with van der Waals surface area (Å²) in [5.74, 6) is -1.62. The van der Waals surface area contributed by atoms with E-state index in [1.807, 2.05) is 25.1 Å². The summed E-state index contributed by atoms with van der Waals surface area (Å²) in [6, 6.07) is 4.90. The van der Waals surface area contributed by atoms with Crippen molar-refractivity contribution in [1.29, 1.82) is 0 Å². The smallest absolute Gasteiger partial charge is 0.326 e. The van der Waals surface area contributed by atoms with Crippen molar-refractivity contribution in [2.75, 3.05) is 0 Å². The molecule has 0 aliphatic heterocycles. The van der Waals surface area contributed by atoms with Crippen molar-refractivity contribution in [2.45, 2.75) is 26.8 Å². The first kappa shape index (κ1) is 16.4. The van der Waals surface area contributed by atoms with Gasteiger partial charge < -0.3 is 10.4 Å². The van der Waals surface area contributed by atoms with E-state index in [0.29, 0.717) is 0 Å². The van der Waals surface area contributed by atoms with E-state index < -0.39 is 17.9 Å². The lowest BCUT2D eigenvalue weighted by molar-refractivity contribution is -0.142. The molecule has 0 spiro atoms. The lowest BCUT2D eigenvalue weighted by atomic mass is 10.0. The van der Waals surface area contributed by atoms with Gasteiger partial charge in [-0.2, -0.15) is 0 Å². The van der Waals surface area contributed by atoms with Crippen molar-refractivity contribution < 1.29 is 14.7 Å². The van der Waals surface area contributed by atoms with Crippen LogP contribution in [0, 0.1) is 12.8 Å². The molecule has 108 valence electrons. The Hall–Kier alpha value is -1.62. The van der Waals surface area contributed by atoms with Gasteiger partial charge in [0.05, 0.1) is 0 Å². The SMILES string of the molecule is Cc1ccc(/C=C/C(=O)N[C@H](C(=O)O)C(C)C)c(Br)c1. The maximum Gasteiger partial charge on any atom is 0.326 e. The molecule has 1 rings (SSSR count). The second kappa shape index (κ2) is 7.24. The number of nitrogens with one attached hydrogen (secondary N) is 1. The molecule has 20 heavy (non-hydrogen) atoms. The van der Waals surface area contributed by atoms with E-state index in [4.69, 9.17) is 5.11 Å². The number of hydrogen-bond donors (Lipinski definition) is 2. The summed E-state index contributed by atoms with van der Waals surface area (Å²) in [5.41, 5.74) is 1.98. The Morgan fingerprint density at radius 3 is 2.50 bits per heavy atom. The molecule has 1 atom stereocenters. The number of aliphatic carboxylic acids is 1. The van der Waals surface area contributed by atoms with Crippen LogP contribution in [0.25, 0.3) is 6.08 Å². The van der Waals surface area contributed by atoms with Crippen molar-refractivity contribution in [3.05, 3.63) is 39.9 Å². The molecule has 5 heteroatoms. The summed E-state index contributed by atoms with van der Waals surface area (Å²) < 4.78 is 0.889. The minimum absolute atomic E-state index is 0.170. The maximum absolute atomic E-state index is 11.7. The van der Waals surface area contributed by atoms with Gasteiger partial charge in [-0.05, 0) is 36.1 Å². The topological polar surface area (TPSA) is 66.4 Å². The monoisotopic (exact) mass is 339 g/mol. The van der Waals surface area contributed by atoms with E-state index in [1.165, 1.54) is 6.08 Å². The Bertz CT molecular complexity index is 538. The number of carbonyl (C=O) groups is 2. The number of halogens is 1. The molecule has 0 aromatic heterocycles. The summed E-state index contributed by atoms with van der Waals surface area (Å²) in [5, 5.41) is 11.5. The van der Waals surface area contributed by atoms with Crippen LogP contribution in [-0.4, -0.2) is 23.0 Å². The number of benzene rings is 1. The van der Waals surface area contributed by atoms with E-state index in [0.717, 1.165) is 15.6 Å². The minimum atomic E-state index is -1.03. The highest BCUT2D eigenvalue weighted by Crippen LogP contribution is 2.19. The fourth-order valence-electron chi connectivity index (χ4n) is 1.65. The predicted octanol–water partition coefficient (Wildman–Crippen LogP) is 3.00. The van der Waals surface area contributed by atoms with Gasteiger partial charge in [-0.1, -0.05) is 41.9 Å². The first-order chi connectivity index (χ1) is 9.31. The molecule has 0 saturated carbocycles. The van der Waals surface area contributed by atoms with Gasteiger partial charge in [-0.15, -0.1) is 0 Å². The van der Waals surface area contributed by atoms with Gasteiger partial charge in [0.25, 0.3) is 0 Å². The summed E-state index contributed by atoms with van der Waals surface area (Å²) in [4.78, 5) is 22.7. The Morgan fingerprint density at radius 2 is 2.00 bits per heavy atom. The Morgan fingerprint density at radius 1 is 1.35 bits per heavy atom. The van der Waals surface area contributed by atoms with Crippen LogP contribution in [0.2, 0.25) is 0 Å². The molecule has 0 heterocycles. The highest BCUT2D eigenvalue weighted by Gasteiger charge is 2.22. The van der Waals surface area contributed by atoms with Gasteiger partial charge in [0, 0.05) is 10.5 Å². The molecule has 0 unspecified atom stereocenters. The number of hydrogen-bond acceptors (Lipinski definition) is 2. The van der Waals surface area contributed by atoms with Crippen LogP contribution in [0.4, 0.5) is 0 Å². The molecule has 0 aliphatic rings. The number of carboxylic acids is 1. The Labute approximate surface area is 127 Å². The molecule has 1 aromatic carbocycles. The Balaban J connectivity index is 2.75. The number of rotatable bonds is 5. The van der Waals surface area contributed by atoms with Crippen molar-refractivity contribution >= 4 is 33.9 Å². The van der Waals surface area contributed by atoms with Gasteiger partial charge in [0.1, 0.15) is 6.04 Å². The zero-order chi connectivity index (χ0) is 15.3. The van der Waals surface area contributed by atoms with Crippen LogP contribution in [0.3, 0.4) is 0 Å². The van der Waals surface area contributed by atoms with Crippen LogP contribution in [0.15, 0.2) is 28.7 Å². The molecular weight excluding hydrogens is 322 g/mol. The average Bonchev–Trinajstić information content (AvgIpc) is 2.34. The van der Waals surface area contributed by atoms with Gasteiger partial charge in [0.2, 0.25) is 5.91 Å². The normalized spacial score (nSPS) is 12.7. The first-order valence-electron chi connectivity index (χ1n) is 6.28. The van der Waals surface area contributed by atoms with Crippen molar-refractivity contribution in [3.63, 3.8) is 0 Å². The van der Waals surface area contributed by atoms with Crippen LogP contribution in [0.1, 0.15) is 25.0 Å². The van der Waals surface area contributed by atoms with Crippen LogP contribution in [0.5, 0.6) is 0 Å². The number of amides is 1. The molecule has 0 fully saturated rings. The van der Waals surface area contributed by atoms with Crippen molar-refractivity contribution in [1.82, 2.24) is 5.32 Å². The lowest BCUT2D eigenvalue weighted by Gasteiger charge is -2.16. The average molecular weight is 340 g/mol. The van der Waals surface area contributed by atoms with Gasteiger partial charge in [-0.25, -0.2) is 4.79 Å². The third kappa shape index (κ3) is 4.81. The predicted molar refractivity (Wildman–Crippen MR) is 82.3 cm³/mol. The van der Waals surface area contributed by atoms with E-state index in [2.05, 4.69) is 21.2 Å². The van der Waals surface area contributed by atoms with Crippen molar-refractivity contribution in [2.24, 2.45) is 5.92 Å². The first-order valence-corrected chi connectivity index (χ1v) is 7.08. The lowest BCUT2D eigenvalue weighted by Crippen LogP contribution is -2.43. The van der Waals surface area contributed by atoms with Crippen molar-refractivity contribution in [3.8, 4) is 0 Å². The third-order valence-corrected chi connectivity index (χ3v) is 3.49. The molecular formula is C15H18BrNO3. The summed E-state index contributed by atoms with van der Waals surface area (Å²) in [7, 11) is 0. The van der Waals surface area contributed by atoms with Crippen LogP contribution >= 0.6 is 15.9 Å². The maximum atomic E-state index is 11.7. The zero-order valence-corrected chi connectivity index (χ0v) is 13.3. The highest BCUT2D eigenvalue weighted by molar-refractivity contribution is 9.10. The second-order valence-corrected chi connectivity index (χ2v) is 5.78. The minimum Gasteiger partial charge on any atom is -0.480 e. The van der Waals surface area contributed by atoms with Gasteiger partial charge in [-0.3, -0.25) is 4.79 Å². The van der Waals surface area contributed by atoms with Crippen LogP contribution < -0.4 is 5.32 Å². The quantitative estimate of drug-likeness (QED) is 0.810. The second-order valence-electron chi connectivity index (χ2n) is 4.93. The molecule has 0 aliphatic carbocycles. The van der Waals surface area contributed by atoms with E-state index in [9.17, 15) is 9.59 Å². The Kier molecular flexibility index (Phi) is 5.95. The molecule has 1 amide bonds. The summed E-state index contributed by atoms with van der Waals surface area (Å²) in [6.07, 6.45) is 2.99. The van der Waals surface area contributed by atoms with Gasteiger partial charge in [0.15, 0.2) is 0 Å². The van der Waals surface area contributed by atoms with E-state index in [-0.39, 0.29) is 5.92 Å². The van der Waals surface area contributed by atoms with E-state index in [1.54, 1.807) is 19.9 Å².